The van der Waals surface area contributed by atoms with Crippen LogP contribution in [0.2, 0.25) is 5.15 Å². The lowest BCUT2D eigenvalue weighted by Crippen LogP contribution is -2.09. The first-order valence-corrected chi connectivity index (χ1v) is 6.61. The van der Waals surface area contributed by atoms with E-state index < -0.39 is 0 Å². The van der Waals surface area contributed by atoms with Crippen LogP contribution in [-0.2, 0) is 16.0 Å². The van der Waals surface area contributed by atoms with Crippen molar-refractivity contribution in [1.82, 2.24) is 20.0 Å². The molecule has 0 saturated heterocycles. The van der Waals surface area contributed by atoms with Crippen LogP contribution in [0.4, 0.5) is 0 Å². The van der Waals surface area contributed by atoms with E-state index in [2.05, 4.69) is 15.3 Å². The van der Waals surface area contributed by atoms with Crippen molar-refractivity contribution in [2.24, 2.45) is 0 Å². The Kier molecular flexibility index (Phi) is 4.34. The normalized spacial score (nSPS) is 10.6. The molecule has 0 amide bonds. The van der Waals surface area contributed by atoms with Gasteiger partial charge in [-0.15, -0.1) is 10.2 Å². The van der Waals surface area contributed by atoms with Gasteiger partial charge in [0.1, 0.15) is 0 Å². The van der Waals surface area contributed by atoms with Crippen molar-refractivity contribution in [1.29, 1.82) is 0 Å². The average Bonchev–Trinajstić information content (AvgIpc) is 2.68. The van der Waals surface area contributed by atoms with Crippen molar-refractivity contribution in [3.05, 3.63) is 34.2 Å². The molecule has 0 atom stereocenters. The summed E-state index contributed by atoms with van der Waals surface area (Å²) >= 11 is 5.71. The lowest BCUT2D eigenvalue weighted by molar-refractivity contribution is -0.142. The minimum atomic E-state index is -0.263. The molecule has 106 valence electrons. The van der Waals surface area contributed by atoms with E-state index in [9.17, 15) is 4.79 Å². The van der Waals surface area contributed by atoms with Crippen molar-refractivity contribution in [2.45, 2.75) is 27.2 Å². The molecule has 0 radical (unpaired) electrons. The van der Waals surface area contributed by atoms with E-state index >= 15 is 0 Å². The van der Waals surface area contributed by atoms with E-state index in [0.717, 1.165) is 17.0 Å². The largest absolute Gasteiger partial charge is 0.466 e. The van der Waals surface area contributed by atoms with Gasteiger partial charge in [-0.1, -0.05) is 11.6 Å². The number of esters is 1. The third kappa shape index (κ3) is 2.96. The highest BCUT2D eigenvalue weighted by molar-refractivity contribution is 6.29. The maximum absolute atomic E-state index is 11.6. The number of aryl methyl sites for hydroxylation is 1. The summed E-state index contributed by atoms with van der Waals surface area (Å²) in [5.41, 5.74) is 2.46. The SMILES string of the molecule is CCOC(=O)Cc1c(C)nn(-c2ccc(Cl)nn2)c1C. The fourth-order valence-corrected chi connectivity index (χ4v) is 2.03. The summed E-state index contributed by atoms with van der Waals surface area (Å²) in [4.78, 5) is 11.6. The molecule has 0 N–H and O–H groups in total. The number of aromatic nitrogens is 4. The Balaban J connectivity index is 2.33. The Morgan fingerprint density at radius 2 is 2.10 bits per heavy atom. The summed E-state index contributed by atoms with van der Waals surface area (Å²) in [5, 5.41) is 12.5. The molecule has 0 bridgehead atoms. The van der Waals surface area contributed by atoms with Crippen LogP contribution in [0.25, 0.3) is 5.82 Å². The Hall–Kier alpha value is -1.95. The molecule has 6 nitrogen and oxygen atoms in total. The number of rotatable bonds is 4. The van der Waals surface area contributed by atoms with Gasteiger partial charge in [0.2, 0.25) is 0 Å². The Labute approximate surface area is 121 Å². The van der Waals surface area contributed by atoms with Crippen LogP contribution in [0.5, 0.6) is 0 Å². The molecule has 0 aliphatic heterocycles. The number of hydrogen-bond donors (Lipinski definition) is 0. The first-order chi connectivity index (χ1) is 9.52. The molecule has 0 fully saturated rings. The molecule has 7 heteroatoms. The quantitative estimate of drug-likeness (QED) is 0.807. The number of carbonyl (C=O) groups is 1. The highest BCUT2D eigenvalue weighted by atomic mass is 35.5. The van der Waals surface area contributed by atoms with Gasteiger partial charge in [0.25, 0.3) is 0 Å². The zero-order valence-corrected chi connectivity index (χ0v) is 12.3. The summed E-state index contributed by atoms with van der Waals surface area (Å²) in [7, 11) is 0. The second kappa shape index (κ2) is 6.00. The molecule has 0 spiro atoms. The predicted molar refractivity (Wildman–Crippen MR) is 74.0 cm³/mol. The van der Waals surface area contributed by atoms with Crippen molar-refractivity contribution >= 4 is 17.6 Å². The topological polar surface area (TPSA) is 69.9 Å². The van der Waals surface area contributed by atoms with Crippen LogP contribution in [0.3, 0.4) is 0 Å². The first kappa shape index (κ1) is 14.5. The molecule has 2 rings (SSSR count). The van der Waals surface area contributed by atoms with Crippen LogP contribution < -0.4 is 0 Å². The van der Waals surface area contributed by atoms with Crippen molar-refractivity contribution in [3.8, 4) is 5.82 Å². The van der Waals surface area contributed by atoms with Gasteiger partial charge in [-0.25, -0.2) is 4.68 Å². The molecule has 0 saturated carbocycles. The zero-order chi connectivity index (χ0) is 14.7. The van der Waals surface area contributed by atoms with Crippen LogP contribution in [0.15, 0.2) is 12.1 Å². The molecule has 20 heavy (non-hydrogen) atoms. The monoisotopic (exact) mass is 294 g/mol. The van der Waals surface area contributed by atoms with Gasteiger partial charge in [0.05, 0.1) is 18.7 Å². The standard InChI is InChI=1S/C13H15ClN4O2/c1-4-20-13(19)7-10-8(2)17-18(9(10)3)12-6-5-11(14)15-16-12/h5-6H,4,7H2,1-3H3. The maximum Gasteiger partial charge on any atom is 0.310 e. The molecule has 2 aromatic rings. The van der Waals surface area contributed by atoms with Crippen LogP contribution >= 0.6 is 11.6 Å². The molecule has 0 aliphatic carbocycles. The third-order valence-electron chi connectivity index (χ3n) is 2.90. The van der Waals surface area contributed by atoms with Crippen LogP contribution in [0.1, 0.15) is 23.9 Å². The van der Waals surface area contributed by atoms with Gasteiger partial charge in [-0.2, -0.15) is 5.10 Å². The van der Waals surface area contributed by atoms with Gasteiger partial charge < -0.3 is 4.74 Å². The molecule has 0 aliphatic rings. The molecule has 2 heterocycles. The van der Waals surface area contributed by atoms with Gasteiger partial charge in [0, 0.05) is 11.3 Å². The summed E-state index contributed by atoms with van der Waals surface area (Å²) in [6.07, 6.45) is 0.201. The summed E-state index contributed by atoms with van der Waals surface area (Å²) in [5.74, 6) is 0.297. The van der Waals surface area contributed by atoms with E-state index in [1.807, 2.05) is 13.8 Å². The second-order valence-electron chi connectivity index (χ2n) is 4.26. The number of carbonyl (C=O) groups excluding carboxylic acids is 1. The van der Waals surface area contributed by atoms with Crippen LogP contribution in [0, 0.1) is 13.8 Å². The molecular formula is C13H15ClN4O2. The van der Waals surface area contributed by atoms with Gasteiger partial charge in [-0.05, 0) is 32.9 Å². The Morgan fingerprint density at radius 3 is 2.70 bits per heavy atom. The highest BCUT2D eigenvalue weighted by Gasteiger charge is 2.17. The zero-order valence-electron chi connectivity index (χ0n) is 11.6. The Bertz CT molecular complexity index is 622. The second-order valence-corrected chi connectivity index (χ2v) is 4.64. The fourth-order valence-electron chi connectivity index (χ4n) is 1.93. The lowest BCUT2D eigenvalue weighted by Gasteiger charge is -2.04. The minimum Gasteiger partial charge on any atom is -0.466 e. The van der Waals surface area contributed by atoms with Crippen LogP contribution in [-0.4, -0.2) is 32.6 Å². The smallest absolute Gasteiger partial charge is 0.310 e. The fraction of sp³-hybridized carbons (Fsp3) is 0.385. The Morgan fingerprint density at radius 1 is 1.35 bits per heavy atom. The average molecular weight is 295 g/mol. The number of halogens is 1. The van der Waals surface area contributed by atoms with Crippen molar-refractivity contribution in [3.63, 3.8) is 0 Å². The van der Waals surface area contributed by atoms with E-state index in [4.69, 9.17) is 16.3 Å². The minimum absolute atomic E-state index is 0.201. The van der Waals surface area contributed by atoms with Gasteiger partial charge in [-0.3, -0.25) is 4.79 Å². The molecule has 0 unspecified atom stereocenters. The summed E-state index contributed by atoms with van der Waals surface area (Å²) in [6, 6.07) is 3.37. The molecule has 0 aromatic carbocycles. The number of hydrogen-bond acceptors (Lipinski definition) is 5. The molecule has 2 aromatic heterocycles. The van der Waals surface area contributed by atoms with Gasteiger partial charge >= 0.3 is 5.97 Å². The van der Waals surface area contributed by atoms with Crippen molar-refractivity contribution in [2.75, 3.05) is 6.61 Å². The third-order valence-corrected chi connectivity index (χ3v) is 3.10. The van der Waals surface area contributed by atoms with E-state index in [0.29, 0.717) is 17.6 Å². The first-order valence-electron chi connectivity index (χ1n) is 6.23. The highest BCUT2D eigenvalue weighted by Crippen LogP contribution is 2.18. The van der Waals surface area contributed by atoms with Gasteiger partial charge in [0.15, 0.2) is 11.0 Å². The van der Waals surface area contributed by atoms with E-state index in [-0.39, 0.29) is 12.4 Å². The molecular weight excluding hydrogens is 280 g/mol. The summed E-state index contributed by atoms with van der Waals surface area (Å²) in [6.45, 7) is 5.88. The number of ether oxygens (including phenoxy) is 1. The lowest BCUT2D eigenvalue weighted by atomic mass is 10.1. The predicted octanol–water partition coefficient (Wildman–Crippen LogP) is 2.04. The summed E-state index contributed by atoms with van der Waals surface area (Å²) < 4.78 is 6.61. The maximum atomic E-state index is 11.6. The number of nitrogens with zero attached hydrogens (tertiary/aromatic N) is 4. The van der Waals surface area contributed by atoms with E-state index in [1.165, 1.54) is 0 Å². The van der Waals surface area contributed by atoms with E-state index in [1.54, 1.807) is 23.7 Å². The van der Waals surface area contributed by atoms with Crippen molar-refractivity contribution < 1.29 is 9.53 Å².